The molecule has 2 heterocycles. The second-order valence-electron chi connectivity index (χ2n) is 6.62. The number of carboxylic acid groups (broad SMARTS) is 1. The van der Waals surface area contributed by atoms with E-state index in [9.17, 15) is 29.4 Å². The molecule has 1 aromatic heterocycles. The van der Waals surface area contributed by atoms with Gasteiger partial charge in [0.2, 0.25) is 5.91 Å². The summed E-state index contributed by atoms with van der Waals surface area (Å²) in [5.41, 5.74) is -2.62. The lowest BCUT2D eigenvalue weighted by atomic mass is 9.91. The Bertz CT molecular complexity index is 852. The highest BCUT2D eigenvalue weighted by molar-refractivity contribution is 5.94. The first-order valence-electron chi connectivity index (χ1n) is 7.93. The lowest BCUT2D eigenvalue weighted by molar-refractivity contribution is -0.132. The Kier molecular flexibility index (Phi) is 5.47. The van der Waals surface area contributed by atoms with Gasteiger partial charge in [0, 0.05) is 43.4 Å². The molecule has 0 saturated carbocycles. The Morgan fingerprint density at radius 2 is 1.96 bits per heavy atom. The third-order valence-corrected chi connectivity index (χ3v) is 4.35. The van der Waals surface area contributed by atoms with Gasteiger partial charge >= 0.3 is 11.7 Å². The van der Waals surface area contributed by atoms with Crippen LogP contribution in [0.1, 0.15) is 24.9 Å². The van der Waals surface area contributed by atoms with Crippen molar-refractivity contribution in [3.8, 4) is 0 Å². The number of aromatic nitrogens is 2. The van der Waals surface area contributed by atoms with E-state index in [4.69, 9.17) is 5.11 Å². The number of aromatic amines is 1. The zero-order valence-corrected chi connectivity index (χ0v) is 14.4. The lowest BCUT2D eigenvalue weighted by Crippen LogP contribution is -2.47. The fraction of sp³-hybridized carbons (Fsp3) is 0.500. The summed E-state index contributed by atoms with van der Waals surface area (Å²) in [6, 6.07) is -0.954. The molecular weight excluding hydrogens is 346 g/mol. The van der Waals surface area contributed by atoms with Crippen molar-refractivity contribution in [1.82, 2.24) is 14.5 Å². The molecule has 2 rings (SSSR count). The molecule has 0 bridgehead atoms. The first kappa shape index (κ1) is 19.6. The van der Waals surface area contributed by atoms with Gasteiger partial charge in [0.05, 0.1) is 17.7 Å². The van der Waals surface area contributed by atoms with Gasteiger partial charge in [0.25, 0.3) is 5.56 Å². The molecule has 26 heavy (non-hydrogen) atoms. The van der Waals surface area contributed by atoms with Crippen molar-refractivity contribution in [3.63, 3.8) is 0 Å². The Morgan fingerprint density at radius 1 is 1.31 bits per heavy atom. The standard InChI is InChI=1S/C16H21N3O7/c1-9-6-19(15(25)17-14(9)24)11-8-18(12(21)3-4-13(22)23)7-10(20)5-16(11,2)26/h3-4,6,10-11,20,26H,5,7-8H2,1-2H3,(H,22,23)(H,17,24,25)/b4-3+/t10-,11+,16+/m1/s1. The number of carbonyl (C=O) groups is 2. The molecule has 3 atom stereocenters. The van der Waals surface area contributed by atoms with Crippen molar-refractivity contribution < 1.29 is 24.9 Å². The van der Waals surface area contributed by atoms with E-state index in [1.54, 1.807) is 0 Å². The predicted octanol–water partition coefficient (Wildman–Crippen LogP) is -1.63. The average Bonchev–Trinajstić information content (AvgIpc) is 2.63. The van der Waals surface area contributed by atoms with Crippen LogP contribution in [0, 0.1) is 6.92 Å². The van der Waals surface area contributed by atoms with Crippen LogP contribution in [0.2, 0.25) is 0 Å². The van der Waals surface area contributed by atoms with Gasteiger partial charge in [-0.05, 0) is 13.8 Å². The number of aliphatic carboxylic acids is 1. The number of aliphatic hydroxyl groups excluding tert-OH is 1. The van der Waals surface area contributed by atoms with Crippen LogP contribution in [-0.2, 0) is 9.59 Å². The first-order valence-corrected chi connectivity index (χ1v) is 7.93. The number of hydrogen-bond donors (Lipinski definition) is 4. The second kappa shape index (κ2) is 7.26. The van der Waals surface area contributed by atoms with Crippen LogP contribution in [0.5, 0.6) is 0 Å². The van der Waals surface area contributed by atoms with Gasteiger partial charge in [-0.2, -0.15) is 0 Å². The van der Waals surface area contributed by atoms with Crippen LogP contribution in [-0.4, -0.2) is 66.4 Å². The van der Waals surface area contributed by atoms with Gasteiger partial charge in [-0.3, -0.25) is 19.1 Å². The van der Waals surface area contributed by atoms with E-state index in [-0.39, 0.29) is 25.1 Å². The number of likely N-dealkylation sites (tertiary alicyclic amines) is 1. The molecule has 1 amide bonds. The van der Waals surface area contributed by atoms with Crippen LogP contribution >= 0.6 is 0 Å². The summed E-state index contributed by atoms with van der Waals surface area (Å²) in [5, 5.41) is 29.5. The minimum Gasteiger partial charge on any atom is -0.478 e. The predicted molar refractivity (Wildman–Crippen MR) is 89.7 cm³/mol. The minimum absolute atomic E-state index is 0.116. The molecule has 1 aliphatic heterocycles. The smallest absolute Gasteiger partial charge is 0.328 e. The Labute approximate surface area is 148 Å². The van der Waals surface area contributed by atoms with Crippen molar-refractivity contribution in [2.75, 3.05) is 13.1 Å². The van der Waals surface area contributed by atoms with Crippen molar-refractivity contribution in [1.29, 1.82) is 0 Å². The zero-order valence-electron chi connectivity index (χ0n) is 14.4. The maximum absolute atomic E-state index is 12.2. The summed E-state index contributed by atoms with van der Waals surface area (Å²) >= 11 is 0. The van der Waals surface area contributed by atoms with E-state index in [1.165, 1.54) is 20.0 Å². The minimum atomic E-state index is -1.56. The van der Waals surface area contributed by atoms with Gasteiger partial charge in [0.15, 0.2) is 0 Å². The number of β-amino-alcohol motifs (C(OH)–C–C–N with tert-alkyl or cyclic N) is 1. The van der Waals surface area contributed by atoms with Gasteiger partial charge in [0.1, 0.15) is 0 Å². The Hall–Kier alpha value is -2.72. The maximum Gasteiger partial charge on any atom is 0.328 e. The van der Waals surface area contributed by atoms with Gasteiger partial charge in [-0.25, -0.2) is 9.59 Å². The fourth-order valence-corrected chi connectivity index (χ4v) is 3.05. The topological polar surface area (TPSA) is 153 Å². The number of nitrogens with one attached hydrogen (secondary N) is 1. The number of carbonyl (C=O) groups excluding carboxylic acids is 1. The molecule has 142 valence electrons. The molecule has 10 heteroatoms. The van der Waals surface area contributed by atoms with Crippen molar-refractivity contribution in [2.24, 2.45) is 0 Å². The molecule has 1 aliphatic rings. The first-order chi connectivity index (χ1) is 12.0. The van der Waals surface area contributed by atoms with Crippen LogP contribution in [0.4, 0.5) is 0 Å². The number of aliphatic hydroxyl groups is 2. The van der Waals surface area contributed by atoms with Gasteiger partial charge in [-0.15, -0.1) is 0 Å². The molecule has 1 fully saturated rings. The Morgan fingerprint density at radius 3 is 2.58 bits per heavy atom. The van der Waals surface area contributed by atoms with Crippen molar-refractivity contribution in [3.05, 3.63) is 44.8 Å². The van der Waals surface area contributed by atoms with Crippen molar-refractivity contribution in [2.45, 2.75) is 38.0 Å². The summed E-state index contributed by atoms with van der Waals surface area (Å²) < 4.78 is 1.12. The molecule has 1 saturated heterocycles. The lowest BCUT2D eigenvalue weighted by Gasteiger charge is -2.34. The quantitative estimate of drug-likeness (QED) is 0.468. The number of aryl methyl sites for hydroxylation is 1. The van der Waals surface area contributed by atoms with E-state index < -0.39 is 40.9 Å². The molecule has 0 unspecified atom stereocenters. The number of amides is 1. The summed E-state index contributed by atoms with van der Waals surface area (Å²) in [6.45, 7) is 2.63. The number of carboxylic acids is 1. The van der Waals surface area contributed by atoms with E-state index in [0.29, 0.717) is 6.08 Å². The molecule has 4 N–H and O–H groups in total. The van der Waals surface area contributed by atoms with Crippen LogP contribution in [0.15, 0.2) is 27.9 Å². The highest BCUT2D eigenvalue weighted by Gasteiger charge is 2.41. The average molecular weight is 367 g/mol. The summed E-state index contributed by atoms with van der Waals surface area (Å²) in [4.78, 5) is 49.9. The number of nitrogens with zero attached hydrogens (tertiary/aromatic N) is 2. The molecule has 1 aromatic rings. The number of rotatable bonds is 3. The SMILES string of the molecule is Cc1cn([C@H]2CN(C(=O)/C=C/C(=O)O)C[C@H](O)C[C@]2(C)O)c(=O)[nH]c1=O. The number of H-pyrrole nitrogens is 1. The normalized spacial score (nSPS) is 26.7. The third-order valence-electron chi connectivity index (χ3n) is 4.35. The highest BCUT2D eigenvalue weighted by Crippen LogP contribution is 2.30. The van der Waals surface area contributed by atoms with Crippen LogP contribution < -0.4 is 11.2 Å². The molecular formula is C16H21N3O7. The summed E-state index contributed by atoms with van der Waals surface area (Å²) in [6.07, 6.45) is 1.61. The summed E-state index contributed by atoms with van der Waals surface area (Å²) in [5.74, 6) is -1.98. The molecule has 0 aliphatic carbocycles. The second-order valence-corrected chi connectivity index (χ2v) is 6.62. The van der Waals surface area contributed by atoms with E-state index in [2.05, 4.69) is 4.98 Å². The fourth-order valence-electron chi connectivity index (χ4n) is 3.05. The van der Waals surface area contributed by atoms with E-state index in [1.807, 2.05) is 0 Å². The molecule has 10 nitrogen and oxygen atoms in total. The monoisotopic (exact) mass is 367 g/mol. The van der Waals surface area contributed by atoms with Gasteiger partial charge < -0.3 is 20.2 Å². The van der Waals surface area contributed by atoms with Crippen LogP contribution in [0.3, 0.4) is 0 Å². The molecule has 0 radical (unpaired) electrons. The molecule has 0 aromatic carbocycles. The summed E-state index contributed by atoms with van der Waals surface area (Å²) in [7, 11) is 0. The third kappa shape index (κ3) is 4.27. The van der Waals surface area contributed by atoms with Crippen molar-refractivity contribution >= 4 is 11.9 Å². The number of hydrogen-bond acceptors (Lipinski definition) is 6. The Balaban J connectivity index is 2.46. The largest absolute Gasteiger partial charge is 0.478 e. The molecule has 0 spiro atoms. The van der Waals surface area contributed by atoms with E-state index in [0.717, 1.165) is 15.5 Å². The maximum atomic E-state index is 12.2. The van der Waals surface area contributed by atoms with Gasteiger partial charge in [-0.1, -0.05) is 0 Å². The zero-order chi connectivity index (χ0) is 19.6. The van der Waals surface area contributed by atoms with Crippen LogP contribution in [0.25, 0.3) is 0 Å². The highest BCUT2D eigenvalue weighted by atomic mass is 16.4. The van der Waals surface area contributed by atoms with E-state index >= 15 is 0 Å².